The van der Waals surface area contributed by atoms with Crippen LogP contribution in [0.4, 0.5) is 0 Å². The van der Waals surface area contributed by atoms with Gasteiger partial charge in [0, 0.05) is 19.7 Å². The first kappa shape index (κ1) is 14.5. The Bertz CT molecular complexity index is 483. The van der Waals surface area contributed by atoms with E-state index in [-0.39, 0.29) is 11.9 Å². The van der Waals surface area contributed by atoms with Crippen LogP contribution >= 0.6 is 0 Å². The van der Waals surface area contributed by atoms with Crippen molar-refractivity contribution in [3.63, 3.8) is 0 Å². The summed E-state index contributed by atoms with van der Waals surface area (Å²) < 4.78 is 5.68. The summed E-state index contributed by atoms with van der Waals surface area (Å²) in [5.41, 5.74) is 2.59. The summed E-state index contributed by atoms with van der Waals surface area (Å²) in [6.07, 6.45) is 5.59. The fourth-order valence-electron chi connectivity index (χ4n) is 3.15. The minimum Gasteiger partial charge on any atom is -0.378 e. The highest BCUT2D eigenvalue weighted by Crippen LogP contribution is 2.17. The Morgan fingerprint density at radius 1 is 1.29 bits per heavy atom. The van der Waals surface area contributed by atoms with Crippen LogP contribution in [0.2, 0.25) is 0 Å². The van der Waals surface area contributed by atoms with Crippen LogP contribution in [0.25, 0.3) is 0 Å². The van der Waals surface area contributed by atoms with Crippen LogP contribution in [-0.2, 0) is 22.5 Å². The third kappa shape index (κ3) is 3.83. The number of ether oxygens (including phenoxy) is 1. The van der Waals surface area contributed by atoms with Gasteiger partial charge in [0.25, 0.3) is 0 Å². The van der Waals surface area contributed by atoms with Crippen molar-refractivity contribution in [2.75, 3.05) is 13.2 Å². The van der Waals surface area contributed by atoms with Crippen molar-refractivity contribution in [2.24, 2.45) is 0 Å². The Balaban J connectivity index is 1.44. The quantitative estimate of drug-likeness (QED) is 0.888. The molecule has 0 radical (unpaired) electrons. The summed E-state index contributed by atoms with van der Waals surface area (Å²) in [5, 5.41) is 6.37. The summed E-state index contributed by atoms with van der Waals surface area (Å²) in [6, 6.07) is 8.22. The lowest BCUT2D eigenvalue weighted by Gasteiger charge is -2.26. The largest absolute Gasteiger partial charge is 0.378 e. The van der Waals surface area contributed by atoms with Gasteiger partial charge in [0.1, 0.15) is 0 Å². The molecule has 2 aliphatic heterocycles. The normalized spacial score (nSPS) is 25.1. The Morgan fingerprint density at radius 2 is 2.14 bits per heavy atom. The number of nitrogens with one attached hydrogen (secondary N) is 2. The van der Waals surface area contributed by atoms with E-state index in [1.807, 2.05) is 12.1 Å². The molecule has 1 saturated heterocycles. The standard InChI is InChI=1S/C17H24N2O2/c20-17(18-9-8-15-7-3-4-10-21-15)16-11-13-5-1-2-6-14(13)12-19-16/h1-2,5-6,15-16,19H,3-4,7-12H2,(H,18,20)/t15-,16-/m0/s1. The van der Waals surface area contributed by atoms with E-state index in [1.165, 1.54) is 24.0 Å². The molecule has 2 aliphatic rings. The second-order valence-electron chi connectivity index (χ2n) is 5.97. The number of benzene rings is 1. The molecule has 1 fully saturated rings. The molecule has 114 valence electrons. The summed E-state index contributed by atoms with van der Waals surface area (Å²) >= 11 is 0. The van der Waals surface area contributed by atoms with Crippen LogP contribution in [0.1, 0.15) is 36.8 Å². The Hall–Kier alpha value is -1.39. The first-order valence-corrected chi connectivity index (χ1v) is 8.02. The zero-order chi connectivity index (χ0) is 14.5. The lowest BCUT2D eigenvalue weighted by molar-refractivity contribution is -0.123. The number of fused-ring (bicyclic) bond motifs is 1. The number of carbonyl (C=O) groups is 1. The lowest BCUT2D eigenvalue weighted by Crippen LogP contribution is -2.48. The van der Waals surface area contributed by atoms with Gasteiger partial charge in [0.15, 0.2) is 0 Å². The van der Waals surface area contributed by atoms with Crippen molar-refractivity contribution < 1.29 is 9.53 Å². The minimum atomic E-state index is -0.104. The topological polar surface area (TPSA) is 50.4 Å². The molecule has 3 rings (SSSR count). The van der Waals surface area contributed by atoms with Crippen molar-refractivity contribution in [1.29, 1.82) is 0 Å². The van der Waals surface area contributed by atoms with Gasteiger partial charge in [-0.1, -0.05) is 24.3 Å². The Labute approximate surface area is 126 Å². The average molecular weight is 288 g/mol. The van der Waals surface area contributed by atoms with Crippen molar-refractivity contribution in [3.05, 3.63) is 35.4 Å². The monoisotopic (exact) mass is 288 g/mol. The molecule has 4 nitrogen and oxygen atoms in total. The van der Waals surface area contributed by atoms with Gasteiger partial charge in [0.05, 0.1) is 12.1 Å². The first-order chi connectivity index (χ1) is 10.3. The third-order valence-electron chi connectivity index (χ3n) is 4.44. The summed E-state index contributed by atoms with van der Waals surface area (Å²) in [4.78, 5) is 12.2. The van der Waals surface area contributed by atoms with Gasteiger partial charge in [-0.25, -0.2) is 0 Å². The van der Waals surface area contributed by atoms with E-state index in [2.05, 4.69) is 22.8 Å². The summed E-state index contributed by atoms with van der Waals surface area (Å²) in [6.45, 7) is 2.36. The molecule has 0 spiro atoms. The number of hydrogen-bond acceptors (Lipinski definition) is 3. The number of amides is 1. The minimum absolute atomic E-state index is 0.104. The Kier molecular flexibility index (Phi) is 4.88. The maximum atomic E-state index is 12.2. The maximum Gasteiger partial charge on any atom is 0.237 e. The van der Waals surface area contributed by atoms with E-state index in [1.54, 1.807) is 0 Å². The number of carbonyl (C=O) groups excluding carboxylic acids is 1. The van der Waals surface area contributed by atoms with E-state index in [9.17, 15) is 4.79 Å². The first-order valence-electron chi connectivity index (χ1n) is 8.02. The van der Waals surface area contributed by atoms with Crippen molar-refractivity contribution in [2.45, 2.75) is 50.8 Å². The fourth-order valence-corrected chi connectivity index (χ4v) is 3.15. The van der Waals surface area contributed by atoms with Crippen molar-refractivity contribution in [1.82, 2.24) is 10.6 Å². The van der Waals surface area contributed by atoms with E-state index in [4.69, 9.17) is 4.74 Å². The van der Waals surface area contributed by atoms with Crippen LogP contribution in [0.15, 0.2) is 24.3 Å². The highest BCUT2D eigenvalue weighted by Gasteiger charge is 2.23. The molecule has 1 aromatic carbocycles. The number of hydrogen-bond donors (Lipinski definition) is 2. The average Bonchev–Trinajstić information content (AvgIpc) is 2.55. The van der Waals surface area contributed by atoms with Crippen molar-refractivity contribution >= 4 is 5.91 Å². The summed E-state index contributed by atoms with van der Waals surface area (Å²) in [7, 11) is 0. The summed E-state index contributed by atoms with van der Waals surface area (Å²) in [5.74, 6) is 0.111. The van der Waals surface area contributed by atoms with Gasteiger partial charge in [-0.15, -0.1) is 0 Å². The Morgan fingerprint density at radius 3 is 2.95 bits per heavy atom. The predicted molar refractivity (Wildman–Crippen MR) is 82.0 cm³/mol. The molecule has 4 heteroatoms. The van der Waals surface area contributed by atoms with Crippen LogP contribution in [0.5, 0.6) is 0 Å². The van der Waals surface area contributed by atoms with Gasteiger partial charge in [0.2, 0.25) is 5.91 Å². The molecule has 0 saturated carbocycles. The van der Waals surface area contributed by atoms with E-state index >= 15 is 0 Å². The van der Waals surface area contributed by atoms with Gasteiger partial charge in [-0.05, 0) is 43.2 Å². The molecule has 2 N–H and O–H groups in total. The van der Waals surface area contributed by atoms with Gasteiger partial charge < -0.3 is 15.4 Å². The molecular weight excluding hydrogens is 264 g/mol. The molecule has 1 aromatic rings. The molecule has 0 aromatic heterocycles. The zero-order valence-electron chi connectivity index (χ0n) is 12.4. The predicted octanol–water partition coefficient (Wildman–Crippen LogP) is 1.78. The van der Waals surface area contributed by atoms with Crippen LogP contribution in [0.3, 0.4) is 0 Å². The maximum absolute atomic E-state index is 12.2. The van der Waals surface area contributed by atoms with Crippen LogP contribution in [-0.4, -0.2) is 31.2 Å². The number of rotatable bonds is 4. The second kappa shape index (κ2) is 7.05. The molecule has 1 amide bonds. The molecule has 0 aliphatic carbocycles. The van der Waals surface area contributed by atoms with E-state index in [0.29, 0.717) is 12.6 Å². The molecule has 0 bridgehead atoms. The van der Waals surface area contributed by atoms with Crippen LogP contribution in [0, 0.1) is 0 Å². The van der Waals surface area contributed by atoms with Gasteiger partial charge >= 0.3 is 0 Å². The molecule has 2 heterocycles. The smallest absolute Gasteiger partial charge is 0.237 e. The van der Waals surface area contributed by atoms with Gasteiger partial charge in [-0.3, -0.25) is 4.79 Å². The molecule has 2 atom stereocenters. The third-order valence-corrected chi connectivity index (χ3v) is 4.44. The highest BCUT2D eigenvalue weighted by atomic mass is 16.5. The van der Waals surface area contributed by atoms with Crippen LogP contribution < -0.4 is 10.6 Å². The lowest BCUT2D eigenvalue weighted by atomic mass is 9.95. The molecular formula is C17H24N2O2. The van der Waals surface area contributed by atoms with E-state index < -0.39 is 0 Å². The SMILES string of the molecule is O=C(NCC[C@@H]1CCCCO1)[C@@H]1Cc2ccccc2CN1. The molecule has 0 unspecified atom stereocenters. The fraction of sp³-hybridized carbons (Fsp3) is 0.588. The van der Waals surface area contributed by atoms with Gasteiger partial charge in [-0.2, -0.15) is 0 Å². The zero-order valence-corrected chi connectivity index (χ0v) is 12.4. The van der Waals surface area contributed by atoms with E-state index in [0.717, 1.165) is 32.4 Å². The second-order valence-corrected chi connectivity index (χ2v) is 5.97. The van der Waals surface area contributed by atoms with Crippen molar-refractivity contribution in [3.8, 4) is 0 Å². The molecule has 21 heavy (non-hydrogen) atoms. The highest BCUT2D eigenvalue weighted by molar-refractivity contribution is 5.82.